The summed E-state index contributed by atoms with van der Waals surface area (Å²) in [5, 5.41) is 9.07. The molecule has 4 aromatic carbocycles. The number of benzene rings is 4. The molecule has 10 heteroatoms. The molecule has 0 fully saturated rings. The summed E-state index contributed by atoms with van der Waals surface area (Å²) in [4.78, 5) is 30.5. The standard InChI is InChI=1S/C32H22BrClN4O4/c1-19-6-10-23(11-7-19)36-30(39)18-41-28-12-8-20(14-25(28)33)17-35-38-31(37-26-5-3-2-4-24(26)32(38)40)29-16-21-15-22(34)9-13-27(21)42-29/h2-17H,18H2,1H3,(H,36,39). The average Bonchev–Trinajstić information content (AvgIpc) is 3.40. The van der Waals surface area contributed by atoms with Crippen molar-refractivity contribution >= 4 is 67.2 Å². The van der Waals surface area contributed by atoms with E-state index >= 15 is 0 Å². The second-order valence-electron chi connectivity index (χ2n) is 9.50. The second kappa shape index (κ2) is 11.6. The maximum atomic E-state index is 13.5. The van der Waals surface area contributed by atoms with Crippen LogP contribution in [0.5, 0.6) is 5.75 Å². The highest BCUT2D eigenvalue weighted by molar-refractivity contribution is 9.10. The first-order valence-electron chi connectivity index (χ1n) is 12.9. The minimum atomic E-state index is -0.344. The highest BCUT2D eigenvalue weighted by Gasteiger charge is 2.17. The SMILES string of the molecule is Cc1ccc(NC(=O)COc2ccc(C=Nn3c(-c4cc5cc(Cl)ccc5o4)nc4ccccc4c3=O)cc2Br)cc1. The smallest absolute Gasteiger partial charge is 0.282 e. The van der Waals surface area contributed by atoms with Gasteiger partial charge in [0.2, 0.25) is 5.82 Å². The van der Waals surface area contributed by atoms with Gasteiger partial charge >= 0.3 is 0 Å². The van der Waals surface area contributed by atoms with Gasteiger partial charge in [0, 0.05) is 16.1 Å². The monoisotopic (exact) mass is 640 g/mol. The van der Waals surface area contributed by atoms with Crippen molar-refractivity contribution in [1.29, 1.82) is 0 Å². The Labute approximate surface area is 253 Å². The van der Waals surface area contributed by atoms with Crippen LogP contribution in [-0.2, 0) is 4.79 Å². The van der Waals surface area contributed by atoms with Gasteiger partial charge in [-0.2, -0.15) is 9.78 Å². The summed E-state index contributed by atoms with van der Waals surface area (Å²) in [5.74, 6) is 0.833. The molecular formula is C32H22BrClN4O4. The number of aryl methyl sites for hydroxylation is 1. The van der Waals surface area contributed by atoms with E-state index in [9.17, 15) is 9.59 Å². The number of hydrogen-bond acceptors (Lipinski definition) is 6. The molecule has 6 aromatic rings. The van der Waals surface area contributed by atoms with Crippen molar-refractivity contribution in [3.63, 3.8) is 0 Å². The number of halogens is 2. The van der Waals surface area contributed by atoms with E-state index in [1.54, 1.807) is 66.9 Å². The zero-order valence-electron chi connectivity index (χ0n) is 22.2. The van der Waals surface area contributed by atoms with Crippen molar-refractivity contribution in [2.45, 2.75) is 6.92 Å². The molecule has 1 amide bonds. The average molecular weight is 642 g/mol. The fourth-order valence-electron chi connectivity index (χ4n) is 4.33. The Kier molecular flexibility index (Phi) is 7.60. The van der Waals surface area contributed by atoms with Gasteiger partial charge in [-0.3, -0.25) is 9.59 Å². The third kappa shape index (κ3) is 5.83. The minimum absolute atomic E-state index is 0.163. The molecule has 6 rings (SSSR count). The zero-order valence-corrected chi connectivity index (χ0v) is 24.5. The number of furan rings is 1. The van der Waals surface area contributed by atoms with Gasteiger partial charge in [-0.25, -0.2) is 4.98 Å². The van der Waals surface area contributed by atoms with Crippen molar-refractivity contribution < 1.29 is 13.9 Å². The van der Waals surface area contributed by atoms with Gasteiger partial charge in [0.15, 0.2) is 12.4 Å². The van der Waals surface area contributed by atoms with Gasteiger partial charge in [0.05, 0.1) is 21.6 Å². The van der Waals surface area contributed by atoms with Gasteiger partial charge in [-0.15, -0.1) is 0 Å². The Morgan fingerprint density at radius 2 is 1.88 bits per heavy atom. The highest BCUT2D eigenvalue weighted by Crippen LogP contribution is 2.29. The molecule has 0 aliphatic carbocycles. The Bertz CT molecular complexity index is 2050. The number of carbonyl (C=O) groups is 1. The molecule has 2 heterocycles. The lowest BCUT2D eigenvalue weighted by molar-refractivity contribution is -0.118. The molecule has 0 unspecified atom stereocenters. The van der Waals surface area contributed by atoms with Crippen LogP contribution < -0.4 is 15.6 Å². The summed E-state index contributed by atoms with van der Waals surface area (Å²) in [6.45, 7) is 1.82. The fourth-order valence-corrected chi connectivity index (χ4v) is 5.02. The Morgan fingerprint density at radius 1 is 1.07 bits per heavy atom. The highest BCUT2D eigenvalue weighted by atomic mass is 79.9. The molecule has 0 aliphatic rings. The number of anilines is 1. The predicted molar refractivity (Wildman–Crippen MR) is 169 cm³/mol. The number of amides is 1. The van der Waals surface area contributed by atoms with Crippen molar-refractivity contribution in [2.75, 3.05) is 11.9 Å². The molecule has 1 N–H and O–H groups in total. The van der Waals surface area contributed by atoms with Gasteiger partial charge in [0.25, 0.3) is 11.5 Å². The molecule has 0 saturated carbocycles. The first-order chi connectivity index (χ1) is 20.3. The molecule has 0 saturated heterocycles. The summed E-state index contributed by atoms with van der Waals surface area (Å²) in [6, 6.07) is 26.9. The maximum Gasteiger partial charge on any atom is 0.282 e. The van der Waals surface area contributed by atoms with Crippen LogP contribution in [0, 0.1) is 6.92 Å². The van der Waals surface area contributed by atoms with Gasteiger partial charge in [-0.1, -0.05) is 41.4 Å². The van der Waals surface area contributed by atoms with Crippen molar-refractivity contribution in [1.82, 2.24) is 9.66 Å². The van der Waals surface area contributed by atoms with E-state index in [1.807, 2.05) is 37.3 Å². The van der Waals surface area contributed by atoms with Gasteiger partial charge < -0.3 is 14.5 Å². The predicted octanol–water partition coefficient (Wildman–Crippen LogP) is 7.43. The number of hydrogen-bond donors (Lipinski definition) is 1. The zero-order chi connectivity index (χ0) is 29.2. The molecular weight excluding hydrogens is 620 g/mol. The molecule has 2 aromatic heterocycles. The first-order valence-corrected chi connectivity index (χ1v) is 14.1. The van der Waals surface area contributed by atoms with Crippen LogP contribution in [0.2, 0.25) is 5.02 Å². The molecule has 0 radical (unpaired) electrons. The number of fused-ring (bicyclic) bond motifs is 2. The number of ether oxygens (including phenoxy) is 1. The quantitative estimate of drug-likeness (QED) is 0.183. The number of nitrogens with zero attached hydrogens (tertiary/aromatic N) is 3. The lowest BCUT2D eigenvalue weighted by Crippen LogP contribution is -2.20. The second-order valence-corrected chi connectivity index (χ2v) is 10.8. The van der Waals surface area contributed by atoms with E-state index in [4.69, 9.17) is 25.7 Å². The van der Waals surface area contributed by atoms with Crippen LogP contribution in [0.3, 0.4) is 0 Å². The van der Waals surface area contributed by atoms with Crippen LogP contribution in [0.1, 0.15) is 11.1 Å². The number of aromatic nitrogens is 2. The molecule has 0 aliphatic heterocycles. The molecule has 0 bridgehead atoms. The number of rotatable bonds is 7. The maximum absolute atomic E-state index is 13.5. The van der Waals surface area contributed by atoms with E-state index in [1.165, 1.54) is 4.68 Å². The Morgan fingerprint density at radius 3 is 2.69 bits per heavy atom. The fraction of sp³-hybridized carbons (Fsp3) is 0.0625. The number of nitrogens with one attached hydrogen (secondary N) is 1. The minimum Gasteiger partial charge on any atom is -0.483 e. The van der Waals surface area contributed by atoms with E-state index in [2.05, 4.69) is 26.3 Å². The summed E-state index contributed by atoms with van der Waals surface area (Å²) < 4.78 is 13.6. The van der Waals surface area contributed by atoms with E-state index in [0.29, 0.717) is 48.7 Å². The van der Waals surface area contributed by atoms with Gasteiger partial charge in [0.1, 0.15) is 11.3 Å². The van der Waals surface area contributed by atoms with Crippen LogP contribution in [0.25, 0.3) is 33.5 Å². The van der Waals surface area contributed by atoms with Crippen molar-refractivity contribution in [2.24, 2.45) is 5.10 Å². The molecule has 0 spiro atoms. The molecule has 8 nitrogen and oxygen atoms in total. The third-order valence-electron chi connectivity index (χ3n) is 6.42. The lowest BCUT2D eigenvalue weighted by Gasteiger charge is -2.10. The van der Waals surface area contributed by atoms with E-state index < -0.39 is 0 Å². The van der Waals surface area contributed by atoms with Crippen LogP contribution in [0.15, 0.2) is 110 Å². The van der Waals surface area contributed by atoms with Crippen molar-refractivity contribution in [3.8, 4) is 17.3 Å². The van der Waals surface area contributed by atoms with Crippen LogP contribution in [0.4, 0.5) is 5.69 Å². The Balaban J connectivity index is 1.26. The largest absolute Gasteiger partial charge is 0.483 e. The van der Waals surface area contributed by atoms with Crippen LogP contribution in [-0.4, -0.2) is 28.4 Å². The van der Waals surface area contributed by atoms with Crippen molar-refractivity contribution in [3.05, 3.63) is 122 Å². The van der Waals surface area contributed by atoms with Gasteiger partial charge in [-0.05, 0) is 95.1 Å². The Hall–Kier alpha value is -4.73. The number of para-hydroxylation sites is 1. The van der Waals surface area contributed by atoms with Crippen LogP contribution >= 0.6 is 27.5 Å². The summed E-state index contributed by atoms with van der Waals surface area (Å²) in [5.41, 5.74) is 3.28. The molecule has 0 atom stereocenters. The van der Waals surface area contributed by atoms with E-state index in [-0.39, 0.29) is 23.9 Å². The third-order valence-corrected chi connectivity index (χ3v) is 7.28. The number of carbonyl (C=O) groups excluding carboxylic acids is 1. The topological polar surface area (TPSA) is 98.7 Å². The summed E-state index contributed by atoms with van der Waals surface area (Å²) in [6.07, 6.45) is 1.54. The molecule has 42 heavy (non-hydrogen) atoms. The summed E-state index contributed by atoms with van der Waals surface area (Å²) >= 11 is 9.65. The first kappa shape index (κ1) is 27.4. The lowest BCUT2D eigenvalue weighted by atomic mass is 10.2. The van der Waals surface area contributed by atoms with E-state index in [0.717, 1.165) is 10.9 Å². The molecule has 208 valence electrons. The summed E-state index contributed by atoms with van der Waals surface area (Å²) in [7, 11) is 0. The normalized spacial score (nSPS) is 11.4.